The monoisotopic (exact) mass is 264 g/mol. The molecule has 2 aliphatic heterocycles. The molecule has 0 spiro atoms. The highest BCUT2D eigenvalue weighted by molar-refractivity contribution is 7.07. The summed E-state index contributed by atoms with van der Waals surface area (Å²) < 4.78 is 0. The Balaban J connectivity index is 1.51. The van der Waals surface area contributed by atoms with Gasteiger partial charge in [-0.05, 0) is 68.5 Å². The largest absolute Gasteiger partial charge is 0.311 e. The zero-order chi connectivity index (χ0) is 12.5. The highest BCUT2D eigenvalue weighted by Gasteiger charge is 2.38. The van der Waals surface area contributed by atoms with E-state index in [1.165, 1.54) is 37.7 Å². The van der Waals surface area contributed by atoms with Crippen LogP contribution in [0, 0.1) is 0 Å². The summed E-state index contributed by atoms with van der Waals surface area (Å²) in [6.45, 7) is 2.33. The highest BCUT2D eigenvalue weighted by atomic mass is 32.1. The van der Waals surface area contributed by atoms with E-state index < -0.39 is 0 Å². The number of nitrogens with one attached hydrogen (secondary N) is 1. The second kappa shape index (κ2) is 5.32. The fourth-order valence-electron chi connectivity index (χ4n) is 3.77. The van der Waals surface area contributed by atoms with Crippen LogP contribution in [0.25, 0.3) is 0 Å². The standard InChI is InChI=1S/C15H24N2S/c1-11(7-12-5-6-18-10-12)16-13-8-14-3-4-15(9-13)17(14)2/h5-6,10-11,13-16H,3-4,7-9H2,1-2H3. The lowest BCUT2D eigenvalue weighted by atomic mass is 9.96. The molecular formula is C15H24N2S. The third-order valence-electron chi connectivity index (χ3n) is 4.74. The summed E-state index contributed by atoms with van der Waals surface area (Å²) in [5.41, 5.74) is 1.48. The van der Waals surface area contributed by atoms with E-state index in [0.29, 0.717) is 6.04 Å². The van der Waals surface area contributed by atoms with E-state index >= 15 is 0 Å². The molecule has 1 aromatic rings. The number of hydrogen-bond acceptors (Lipinski definition) is 3. The van der Waals surface area contributed by atoms with Crippen LogP contribution in [0.1, 0.15) is 38.2 Å². The molecule has 2 saturated heterocycles. The van der Waals surface area contributed by atoms with Crippen molar-refractivity contribution >= 4 is 11.3 Å². The predicted octanol–water partition coefficient (Wildman–Crippen LogP) is 2.89. The minimum absolute atomic E-state index is 0.604. The Labute approximate surface area is 114 Å². The van der Waals surface area contributed by atoms with Gasteiger partial charge in [0.1, 0.15) is 0 Å². The Bertz CT molecular complexity index is 362. The number of fused-ring (bicyclic) bond motifs is 2. The van der Waals surface area contributed by atoms with Crippen molar-refractivity contribution in [3.05, 3.63) is 22.4 Å². The Morgan fingerprint density at radius 3 is 2.72 bits per heavy atom. The van der Waals surface area contributed by atoms with Gasteiger partial charge in [0.15, 0.2) is 0 Å². The average molecular weight is 264 g/mol. The lowest BCUT2D eigenvalue weighted by Crippen LogP contribution is -2.49. The fraction of sp³-hybridized carbons (Fsp3) is 0.733. The molecule has 1 N–H and O–H groups in total. The Hall–Kier alpha value is -0.380. The van der Waals surface area contributed by atoms with Crippen molar-refractivity contribution in [2.45, 2.75) is 63.2 Å². The molecule has 100 valence electrons. The molecule has 3 atom stereocenters. The quantitative estimate of drug-likeness (QED) is 0.899. The average Bonchev–Trinajstić information content (AvgIpc) is 2.87. The molecule has 3 unspecified atom stereocenters. The van der Waals surface area contributed by atoms with Gasteiger partial charge in [0.25, 0.3) is 0 Å². The molecule has 0 aliphatic carbocycles. The number of nitrogens with zero attached hydrogens (tertiary/aromatic N) is 1. The zero-order valence-electron chi connectivity index (χ0n) is 11.4. The van der Waals surface area contributed by atoms with Gasteiger partial charge in [0, 0.05) is 24.2 Å². The van der Waals surface area contributed by atoms with Gasteiger partial charge in [-0.25, -0.2) is 0 Å². The molecule has 2 nitrogen and oxygen atoms in total. The minimum atomic E-state index is 0.604. The second-order valence-corrected chi connectivity index (χ2v) is 6.90. The molecule has 2 bridgehead atoms. The van der Waals surface area contributed by atoms with Crippen LogP contribution in [0.3, 0.4) is 0 Å². The topological polar surface area (TPSA) is 15.3 Å². The van der Waals surface area contributed by atoms with Crippen molar-refractivity contribution in [1.82, 2.24) is 10.2 Å². The smallest absolute Gasteiger partial charge is 0.0111 e. The molecule has 0 aromatic carbocycles. The van der Waals surface area contributed by atoms with Crippen molar-refractivity contribution in [2.24, 2.45) is 0 Å². The molecule has 18 heavy (non-hydrogen) atoms. The summed E-state index contributed by atoms with van der Waals surface area (Å²) in [5, 5.41) is 8.31. The van der Waals surface area contributed by atoms with Crippen LogP contribution < -0.4 is 5.32 Å². The van der Waals surface area contributed by atoms with E-state index in [9.17, 15) is 0 Å². The summed E-state index contributed by atoms with van der Waals surface area (Å²) in [6.07, 6.45) is 6.70. The minimum Gasteiger partial charge on any atom is -0.311 e. The third-order valence-corrected chi connectivity index (χ3v) is 5.47. The van der Waals surface area contributed by atoms with Crippen LogP contribution in [0.4, 0.5) is 0 Å². The molecule has 2 fully saturated rings. The molecule has 2 aliphatic rings. The van der Waals surface area contributed by atoms with Crippen molar-refractivity contribution in [3.63, 3.8) is 0 Å². The van der Waals surface area contributed by atoms with E-state index in [1.54, 1.807) is 11.3 Å². The van der Waals surface area contributed by atoms with Crippen molar-refractivity contribution < 1.29 is 0 Å². The first-order chi connectivity index (χ1) is 8.72. The van der Waals surface area contributed by atoms with E-state index in [1.807, 2.05) is 0 Å². The van der Waals surface area contributed by atoms with Gasteiger partial charge in [-0.15, -0.1) is 0 Å². The summed E-state index contributed by atoms with van der Waals surface area (Å²) in [4.78, 5) is 2.61. The normalized spacial score (nSPS) is 33.8. The maximum atomic E-state index is 3.86. The molecule has 0 amide bonds. The number of hydrogen-bond donors (Lipinski definition) is 1. The number of piperidine rings is 1. The molecule has 3 rings (SSSR count). The Kier molecular flexibility index (Phi) is 3.73. The van der Waals surface area contributed by atoms with Gasteiger partial charge >= 0.3 is 0 Å². The predicted molar refractivity (Wildman–Crippen MR) is 78.2 cm³/mol. The Morgan fingerprint density at radius 1 is 1.39 bits per heavy atom. The first-order valence-corrected chi connectivity index (χ1v) is 8.15. The van der Waals surface area contributed by atoms with Gasteiger partial charge in [0.2, 0.25) is 0 Å². The maximum absolute atomic E-state index is 3.86. The lowest BCUT2D eigenvalue weighted by Gasteiger charge is -2.38. The van der Waals surface area contributed by atoms with Crippen LogP contribution >= 0.6 is 11.3 Å². The summed E-state index contributed by atoms with van der Waals surface area (Å²) >= 11 is 1.80. The van der Waals surface area contributed by atoms with Gasteiger partial charge in [0.05, 0.1) is 0 Å². The summed E-state index contributed by atoms with van der Waals surface area (Å²) in [7, 11) is 2.31. The van der Waals surface area contributed by atoms with Crippen LogP contribution in [0.15, 0.2) is 16.8 Å². The number of thiophene rings is 1. The highest BCUT2D eigenvalue weighted by Crippen LogP contribution is 2.34. The van der Waals surface area contributed by atoms with Crippen LogP contribution in [-0.2, 0) is 6.42 Å². The van der Waals surface area contributed by atoms with Crippen LogP contribution in [0.2, 0.25) is 0 Å². The zero-order valence-corrected chi connectivity index (χ0v) is 12.2. The van der Waals surface area contributed by atoms with E-state index in [-0.39, 0.29) is 0 Å². The Morgan fingerprint density at radius 2 is 2.11 bits per heavy atom. The second-order valence-electron chi connectivity index (χ2n) is 6.12. The summed E-state index contributed by atoms with van der Waals surface area (Å²) in [5.74, 6) is 0. The molecule has 0 radical (unpaired) electrons. The number of rotatable bonds is 4. The molecule has 0 saturated carbocycles. The SMILES string of the molecule is CC(Cc1ccsc1)NC1CC2CCC(C1)N2C. The van der Waals surface area contributed by atoms with E-state index in [0.717, 1.165) is 18.1 Å². The van der Waals surface area contributed by atoms with Crippen LogP contribution in [-0.4, -0.2) is 36.1 Å². The lowest BCUT2D eigenvalue weighted by molar-refractivity contribution is 0.144. The van der Waals surface area contributed by atoms with E-state index in [4.69, 9.17) is 0 Å². The first kappa shape index (κ1) is 12.6. The third kappa shape index (κ3) is 2.63. The first-order valence-electron chi connectivity index (χ1n) is 7.21. The molecular weight excluding hydrogens is 240 g/mol. The van der Waals surface area contributed by atoms with Crippen molar-refractivity contribution in [1.29, 1.82) is 0 Å². The van der Waals surface area contributed by atoms with E-state index in [2.05, 4.69) is 41.0 Å². The van der Waals surface area contributed by atoms with Gasteiger partial charge in [-0.2, -0.15) is 11.3 Å². The molecule has 3 heteroatoms. The van der Waals surface area contributed by atoms with Crippen molar-refractivity contribution in [3.8, 4) is 0 Å². The molecule has 1 aromatic heterocycles. The van der Waals surface area contributed by atoms with Gasteiger partial charge in [-0.3, -0.25) is 0 Å². The van der Waals surface area contributed by atoms with Gasteiger partial charge < -0.3 is 10.2 Å². The molecule has 3 heterocycles. The van der Waals surface area contributed by atoms with Crippen LogP contribution in [0.5, 0.6) is 0 Å². The fourth-order valence-corrected chi connectivity index (χ4v) is 4.45. The van der Waals surface area contributed by atoms with Gasteiger partial charge in [-0.1, -0.05) is 0 Å². The summed E-state index contributed by atoms with van der Waals surface area (Å²) in [6, 6.07) is 5.28. The van der Waals surface area contributed by atoms with Crippen molar-refractivity contribution in [2.75, 3.05) is 7.05 Å². The maximum Gasteiger partial charge on any atom is 0.0111 e.